The molecule has 0 atom stereocenters. The van der Waals surface area contributed by atoms with Crippen LogP contribution in [0.2, 0.25) is 0 Å². The molecule has 0 aliphatic heterocycles. The maximum Gasteiger partial charge on any atom is 2.00 e. The first-order valence-electron chi connectivity index (χ1n) is 14.9. The van der Waals surface area contributed by atoms with E-state index >= 15 is 0 Å². The SMILES string of the molecule is CC#N.CC#N.O=P(c1ccccn1)(c1ccccn1)c1ccccn1.O=P(c1ccccn1)(c1ccccn1)c1ccccn1.O=[N+]([O-])[O-].O=[N+]([O-])[O-].[Fe+2]. The van der Waals surface area contributed by atoms with E-state index in [2.05, 4.69) is 29.9 Å². The fraction of sp³-hybridized carbons (Fsp3) is 0.0588. The normalized spacial score (nSPS) is 9.31. The van der Waals surface area contributed by atoms with Crippen molar-refractivity contribution in [2.75, 3.05) is 0 Å². The van der Waals surface area contributed by atoms with Crippen LogP contribution in [0.5, 0.6) is 0 Å². The first-order valence-corrected chi connectivity index (χ1v) is 18.3. The average molecular weight is 824 g/mol. The predicted octanol–water partition coefficient (Wildman–Crippen LogP) is 3.60. The van der Waals surface area contributed by atoms with Crippen LogP contribution in [0.25, 0.3) is 0 Å². The quantitative estimate of drug-likeness (QED) is 0.100. The van der Waals surface area contributed by atoms with Gasteiger partial charge in [0.05, 0.1) is 22.3 Å². The minimum atomic E-state index is -3.11. The van der Waals surface area contributed by atoms with E-state index in [1.54, 1.807) is 122 Å². The maximum absolute atomic E-state index is 13.6. The molecule has 6 rings (SSSR count). The first kappa shape index (κ1) is 48.3. The van der Waals surface area contributed by atoms with Crippen LogP contribution in [-0.4, -0.2) is 40.1 Å². The van der Waals surface area contributed by atoms with E-state index in [0.29, 0.717) is 32.6 Å². The van der Waals surface area contributed by atoms with E-state index in [9.17, 15) is 9.13 Å². The molecule has 0 aromatic carbocycles. The van der Waals surface area contributed by atoms with Gasteiger partial charge in [-0.2, -0.15) is 10.5 Å². The molecule has 0 amide bonds. The zero-order chi connectivity index (χ0) is 40.2. The van der Waals surface area contributed by atoms with Crippen LogP contribution >= 0.6 is 14.3 Å². The van der Waals surface area contributed by atoms with Gasteiger partial charge < -0.3 is 39.8 Å². The number of hydrogen-bond donors (Lipinski definition) is 0. The molecule has 6 aromatic rings. The zero-order valence-corrected chi connectivity index (χ0v) is 31.7. The maximum atomic E-state index is 13.6. The van der Waals surface area contributed by atoms with Crippen molar-refractivity contribution in [2.45, 2.75) is 13.8 Å². The third-order valence-corrected chi connectivity index (χ3v) is 11.3. The molecule has 55 heavy (non-hydrogen) atoms. The molecule has 0 N–H and O–H groups in total. The Morgan fingerprint density at radius 1 is 0.436 bits per heavy atom. The molecule has 6 aromatic heterocycles. The monoisotopic (exact) mass is 824 g/mol. The summed E-state index contributed by atoms with van der Waals surface area (Å²) in [5.74, 6) is 0. The molecule has 0 aliphatic carbocycles. The number of hydrogen-bond acceptors (Lipinski definition) is 16. The number of nitrogens with zero attached hydrogens (tertiary/aromatic N) is 10. The van der Waals surface area contributed by atoms with Gasteiger partial charge in [0.1, 0.15) is 32.6 Å². The molecule has 282 valence electrons. The van der Waals surface area contributed by atoms with Crippen molar-refractivity contribution >= 4 is 46.9 Å². The molecular formula is C34H30FeN10O8P2. The molecule has 0 fully saturated rings. The van der Waals surface area contributed by atoms with Crippen LogP contribution < -0.4 is 32.6 Å². The second-order valence-corrected chi connectivity index (χ2v) is 14.4. The third-order valence-electron chi connectivity index (χ3n) is 5.83. The molecule has 0 saturated carbocycles. The number of rotatable bonds is 6. The Labute approximate surface area is 325 Å². The second kappa shape index (κ2) is 26.9. The summed E-state index contributed by atoms with van der Waals surface area (Å²) in [7, 11) is -6.22. The van der Waals surface area contributed by atoms with Gasteiger partial charge in [0.15, 0.2) is 0 Å². The Balaban J connectivity index is 0.000000784. The number of pyridine rings is 6. The second-order valence-electron chi connectivity index (χ2n) is 9.24. The topological polar surface area (TPSA) is 291 Å². The average Bonchev–Trinajstić information content (AvgIpc) is 3.20. The molecule has 18 nitrogen and oxygen atoms in total. The van der Waals surface area contributed by atoms with Crippen LogP contribution in [0.15, 0.2) is 146 Å². The summed E-state index contributed by atoms with van der Waals surface area (Å²) in [6.07, 6.45) is 9.80. The summed E-state index contributed by atoms with van der Waals surface area (Å²) in [6.45, 7) is 2.86. The Kier molecular flexibility index (Phi) is 23.6. The van der Waals surface area contributed by atoms with Gasteiger partial charge in [0.25, 0.3) is 0 Å². The molecular weight excluding hydrogens is 794 g/mol. The van der Waals surface area contributed by atoms with Gasteiger partial charge in [0.2, 0.25) is 14.3 Å². The summed E-state index contributed by atoms with van der Waals surface area (Å²) in [6, 6.07) is 35.7. The zero-order valence-electron chi connectivity index (χ0n) is 28.8. The summed E-state index contributed by atoms with van der Waals surface area (Å²) >= 11 is 0. The Morgan fingerprint density at radius 2 is 0.564 bits per heavy atom. The van der Waals surface area contributed by atoms with Crippen LogP contribution in [0.3, 0.4) is 0 Å². The van der Waals surface area contributed by atoms with Crippen LogP contribution in [0.1, 0.15) is 13.8 Å². The van der Waals surface area contributed by atoms with Crippen molar-refractivity contribution < 1.29 is 36.4 Å². The van der Waals surface area contributed by atoms with E-state index in [-0.39, 0.29) is 17.1 Å². The molecule has 0 unspecified atom stereocenters. The molecule has 0 spiro atoms. The standard InChI is InChI=1S/2C15H12N3OP.2C2H3N.Fe.2NO3/c2*19-20(13-7-1-4-10-16-13,14-8-2-5-11-17-14)15-9-3-6-12-18-15;2*1-2-3;;2*2-1(3)4/h2*1-12H;2*1H3;;;/q;;;;+2;2*-1. The van der Waals surface area contributed by atoms with Gasteiger partial charge in [-0.15, -0.1) is 0 Å². The summed E-state index contributed by atoms with van der Waals surface area (Å²) < 4.78 is 27.3. The summed E-state index contributed by atoms with van der Waals surface area (Å²) in [4.78, 5) is 42.1. The fourth-order valence-electron chi connectivity index (χ4n) is 3.94. The predicted molar refractivity (Wildman–Crippen MR) is 202 cm³/mol. The van der Waals surface area contributed by atoms with Crippen molar-refractivity contribution in [3.05, 3.63) is 177 Å². The molecule has 0 radical (unpaired) electrons. The molecule has 21 heteroatoms. The van der Waals surface area contributed by atoms with Crippen molar-refractivity contribution in [2.24, 2.45) is 0 Å². The molecule has 6 heterocycles. The van der Waals surface area contributed by atoms with Crippen molar-refractivity contribution in [3.63, 3.8) is 0 Å². The molecule has 0 saturated heterocycles. The van der Waals surface area contributed by atoms with Gasteiger partial charge in [-0.1, -0.05) is 36.4 Å². The van der Waals surface area contributed by atoms with E-state index in [0.717, 1.165) is 0 Å². The molecule has 0 bridgehead atoms. The summed E-state index contributed by atoms with van der Waals surface area (Å²) in [5.41, 5.74) is 2.99. The van der Waals surface area contributed by atoms with Crippen molar-refractivity contribution in [1.82, 2.24) is 29.9 Å². The first-order chi connectivity index (χ1) is 25.9. The van der Waals surface area contributed by atoms with Crippen LogP contribution in [0, 0.1) is 53.3 Å². The van der Waals surface area contributed by atoms with E-state index in [1.807, 2.05) is 36.4 Å². The number of nitriles is 2. The van der Waals surface area contributed by atoms with Gasteiger partial charge in [-0.25, -0.2) is 0 Å². The van der Waals surface area contributed by atoms with Gasteiger partial charge in [0, 0.05) is 51.0 Å². The van der Waals surface area contributed by atoms with E-state index < -0.39 is 24.5 Å². The van der Waals surface area contributed by atoms with Crippen molar-refractivity contribution in [1.29, 1.82) is 10.5 Å². The Hall–Kier alpha value is -6.74. The van der Waals surface area contributed by atoms with Crippen LogP contribution in [-0.2, 0) is 26.2 Å². The van der Waals surface area contributed by atoms with Crippen molar-refractivity contribution in [3.8, 4) is 12.1 Å². The Bertz CT molecular complexity index is 1790. The minimum Gasteiger partial charge on any atom is -0.356 e. The van der Waals surface area contributed by atoms with Gasteiger partial charge >= 0.3 is 17.1 Å². The van der Waals surface area contributed by atoms with E-state index in [1.165, 1.54) is 13.8 Å². The summed E-state index contributed by atoms with van der Waals surface area (Å²) in [5, 5.41) is 44.1. The smallest absolute Gasteiger partial charge is 0.356 e. The largest absolute Gasteiger partial charge is 2.00 e. The van der Waals surface area contributed by atoms with E-state index in [4.69, 9.17) is 41.2 Å². The van der Waals surface area contributed by atoms with Crippen LogP contribution in [0.4, 0.5) is 0 Å². The van der Waals surface area contributed by atoms with Gasteiger partial charge in [-0.05, 0) is 72.8 Å². The Morgan fingerprint density at radius 3 is 0.655 bits per heavy atom. The third kappa shape index (κ3) is 16.2. The molecule has 0 aliphatic rings. The fourth-order valence-corrected chi connectivity index (χ4v) is 8.50. The minimum absolute atomic E-state index is 0. The van der Waals surface area contributed by atoms with Gasteiger partial charge in [-0.3, -0.25) is 29.9 Å². The number of aromatic nitrogens is 6.